The fraction of sp³-hybridized carbons (Fsp3) is 0.375. The standard InChI is InChI=1S/C24H27NO4/c1-7-10-19(26)23-15(5)11-14(4)22(16(23)6)17-12-20(27)24(21(28)13-17)18(8-2)25-29-9-3/h2,5-10,12-13H2,1,3-4H3/q+3. The minimum absolute atomic E-state index is 0.0514. The molecule has 0 saturated heterocycles. The van der Waals surface area contributed by atoms with Gasteiger partial charge in [-0.1, -0.05) is 6.92 Å². The Labute approximate surface area is 172 Å². The molecular weight excluding hydrogens is 366 g/mol. The van der Waals surface area contributed by atoms with Gasteiger partial charge in [0, 0.05) is 31.8 Å². The topological polar surface area (TPSA) is 74.9 Å². The molecule has 0 N–H and O–H groups in total. The number of hydrogen-bond donors (Lipinski definition) is 0. The summed E-state index contributed by atoms with van der Waals surface area (Å²) in [5.74, 6) is -0.259. The van der Waals surface area contributed by atoms with E-state index >= 15 is 0 Å². The Kier molecular flexibility index (Phi) is 7.32. The molecule has 1 radical (unpaired) electrons. The number of ketones is 3. The Hall–Kier alpha value is -2.95. The van der Waals surface area contributed by atoms with Crippen LogP contribution in [0.3, 0.4) is 0 Å². The average molecular weight is 393 g/mol. The molecule has 0 aliphatic heterocycles. The molecule has 5 nitrogen and oxygen atoms in total. The molecule has 0 aromatic heterocycles. The van der Waals surface area contributed by atoms with Gasteiger partial charge < -0.3 is 0 Å². The summed E-state index contributed by atoms with van der Waals surface area (Å²) in [7, 11) is 0. The molecule has 0 heterocycles. The van der Waals surface area contributed by atoms with Crippen LogP contribution in [0, 0.1) is 23.5 Å². The number of nitrogens with zero attached hydrogens (tertiary/aromatic N) is 1. The van der Waals surface area contributed by atoms with Crippen LogP contribution in [-0.2, 0) is 14.4 Å². The van der Waals surface area contributed by atoms with Crippen LogP contribution >= 0.6 is 0 Å². The lowest BCUT2D eigenvalue weighted by atomic mass is 9.72. The van der Waals surface area contributed by atoms with E-state index in [0.29, 0.717) is 47.7 Å². The second-order valence-corrected chi connectivity index (χ2v) is 7.01. The van der Waals surface area contributed by atoms with Gasteiger partial charge in [0.15, 0.2) is 28.2 Å². The van der Waals surface area contributed by atoms with Crippen molar-refractivity contribution < 1.29 is 14.4 Å². The van der Waals surface area contributed by atoms with Crippen LogP contribution in [0.4, 0.5) is 0 Å². The third-order valence-corrected chi connectivity index (χ3v) is 4.86. The maximum atomic E-state index is 12.8. The number of Topliss-reactive ketones (excluding diaryl/α,β-unsaturated/α-hetero) is 3. The number of allylic oxidation sites excluding steroid dienone is 8. The van der Waals surface area contributed by atoms with E-state index in [0.717, 1.165) is 5.57 Å². The second kappa shape index (κ2) is 9.50. The van der Waals surface area contributed by atoms with E-state index < -0.39 is 0 Å². The van der Waals surface area contributed by atoms with Crippen molar-refractivity contribution in [1.29, 1.82) is 0 Å². The summed E-state index contributed by atoms with van der Waals surface area (Å²) in [5.41, 5.74) is 3.38. The lowest BCUT2D eigenvalue weighted by Gasteiger charge is -2.24. The van der Waals surface area contributed by atoms with Crippen LogP contribution in [0.25, 0.3) is 0 Å². The molecular formula is C24H27NO4+3. The van der Waals surface area contributed by atoms with E-state index in [1.54, 1.807) is 6.92 Å². The van der Waals surface area contributed by atoms with Crippen molar-refractivity contribution in [1.82, 2.24) is 0 Å². The molecule has 5 heteroatoms. The quantitative estimate of drug-likeness (QED) is 0.281. The minimum Gasteiger partial charge on any atom is -0.294 e. The van der Waals surface area contributed by atoms with Crippen LogP contribution in [0.2, 0.25) is 0 Å². The highest BCUT2D eigenvalue weighted by molar-refractivity contribution is 6.24. The fourth-order valence-corrected chi connectivity index (χ4v) is 3.69. The van der Waals surface area contributed by atoms with E-state index in [-0.39, 0.29) is 47.9 Å². The zero-order valence-corrected chi connectivity index (χ0v) is 17.4. The summed E-state index contributed by atoms with van der Waals surface area (Å²) in [4.78, 5) is 38.2. The molecule has 0 bridgehead atoms. The van der Waals surface area contributed by atoms with Gasteiger partial charge in [-0.15, -0.1) is 4.54 Å². The van der Waals surface area contributed by atoms with Crippen molar-refractivity contribution in [2.24, 2.45) is 5.18 Å². The van der Waals surface area contributed by atoms with Gasteiger partial charge in [-0.25, -0.2) is 0 Å². The lowest BCUT2D eigenvalue weighted by molar-refractivity contribution is -0.122. The van der Waals surface area contributed by atoms with E-state index in [1.807, 2.05) is 13.8 Å². The van der Waals surface area contributed by atoms with Crippen LogP contribution in [0.5, 0.6) is 0 Å². The molecule has 0 aromatic rings. The van der Waals surface area contributed by atoms with Crippen LogP contribution in [-0.4, -0.2) is 24.0 Å². The number of carbonyl (C=O) groups is 3. The minimum atomic E-state index is -0.322. The Morgan fingerprint density at radius 2 is 1.86 bits per heavy atom. The van der Waals surface area contributed by atoms with Crippen LogP contribution in [0.15, 0.2) is 57.5 Å². The Balaban J connectivity index is 2.49. The van der Waals surface area contributed by atoms with Gasteiger partial charge in [-0.2, -0.15) is 0 Å². The van der Waals surface area contributed by atoms with Gasteiger partial charge in [0.2, 0.25) is 0 Å². The Morgan fingerprint density at radius 3 is 2.38 bits per heavy atom. The fourth-order valence-electron chi connectivity index (χ4n) is 3.69. The van der Waals surface area contributed by atoms with Crippen molar-refractivity contribution >= 4 is 17.3 Å². The first-order valence-corrected chi connectivity index (χ1v) is 9.80. The highest BCUT2D eigenvalue weighted by atomic mass is 16.5. The molecule has 2 aliphatic carbocycles. The first kappa shape index (κ1) is 22.3. The van der Waals surface area contributed by atoms with Crippen molar-refractivity contribution in [3.63, 3.8) is 0 Å². The molecule has 1 saturated carbocycles. The summed E-state index contributed by atoms with van der Waals surface area (Å²) in [5, 5.41) is 3.88. The Bertz CT molecular complexity index is 874. The molecule has 29 heavy (non-hydrogen) atoms. The van der Waals surface area contributed by atoms with Crippen molar-refractivity contribution in [2.45, 2.75) is 52.9 Å². The van der Waals surface area contributed by atoms with Crippen molar-refractivity contribution in [3.05, 3.63) is 75.7 Å². The largest absolute Gasteiger partial charge is 0.303 e. The SMILES string of the molecule is C=C1[C]=C(C)C(=C2CC(=O)C(=C(C[CH2+])N=[O+]CC)C(=O)C2)C(=C)[C+]1C(=O)CCC. The predicted octanol–water partition coefficient (Wildman–Crippen LogP) is 4.83. The van der Waals surface area contributed by atoms with E-state index in [9.17, 15) is 14.4 Å². The highest BCUT2D eigenvalue weighted by Gasteiger charge is 2.41. The molecule has 0 atom stereocenters. The zero-order chi connectivity index (χ0) is 21.7. The summed E-state index contributed by atoms with van der Waals surface area (Å²) in [6.45, 7) is 17.6. The van der Waals surface area contributed by atoms with Crippen LogP contribution in [0.1, 0.15) is 52.9 Å². The monoisotopic (exact) mass is 393 g/mol. The lowest BCUT2D eigenvalue weighted by Crippen LogP contribution is -2.26. The van der Waals surface area contributed by atoms with E-state index in [4.69, 9.17) is 4.54 Å². The highest BCUT2D eigenvalue weighted by Crippen LogP contribution is 2.42. The van der Waals surface area contributed by atoms with E-state index in [2.05, 4.69) is 31.3 Å². The normalized spacial score (nSPS) is 18.1. The maximum Gasteiger partial charge on any atom is 0.303 e. The number of carbonyl (C=O) groups excluding carboxylic acids is 3. The van der Waals surface area contributed by atoms with Gasteiger partial charge in [-0.3, -0.25) is 14.4 Å². The summed E-state index contributed by atoms with van der Waals surface area (Å²) in [6.07, 6.45) is 4.50. The third-order valence-electron chi connectivity index (χ3n) is 4.86. The first-order chi connectivity index (χ1) is 13.8. The molecule has 2 aliphatic rings. The average Bonchev–Trinajstić information content (AvgIpc) is 2.63. The number of nitroso groups, excluding NO2 is 1. The molecule has 2 rings (SSSR count). The Morgan fingerprint density at radius 1 is 1.24 bits per heavy atom. The summed E-state index contributed by atoms with van der Waals surface area (Å²) < 4.78 is 5.02. The maximum absolute atomic E-state index is 12.8. The smallest absolute Gasteiger partial charge is 0.294 e. The first-order valence-electron chi connectivity index (χ1n) is 9.80. The van der Waals surface area contributed by atoms with Crippen molar-refractivity contribution in [2.75, 3.05) is 6.61 Å². The molecule has 0 unspecified atom stereocenters. The van der Waals surface area contributed by atoms with Gasteiger partial charge in [0.05, 0.1) is 35.3 Å². The number of rotatable bonds is 6. The number of hydrogen-bond acceptors (Lipinski definition) is 4. The van der Waals surface area contributed by atoms with Gasteiger partial charge in [0.1, 0.15) is 12.3 Å². The van der Waals surface area contributed by atoms with Crippen LogP contribution < -0.4 is 0 Å². The molecule has 0 aromatic carbocycles. The predicted molar refractivity (Wildman–Crippen MR) is 113 cm³/mol. The third kappa shape index (κ3) is 4.56. The molecule has 1 fully saturated rings. The van der Waals surface area contributed by atoms with E-state index in [1.165, 1.54) is 0 Å². The van der Waals surface area contributed by atoms with Gasteiger partial charge >= 0.3 is 6.61 Å². The second-order valence-electron chi connectivity index (χ2n) is 7.01. The molecule has 0 amide bonds. The molecule has 0 spiro atoms. The summed E-state index contributed by atoms with van der Waals surface area (Å²) in [6, 6.07) is 0. The zero-order valence-electron chi connectivity index (χ0n) is 17.4. The van der Waals surface area contributed by atoms with Crippen molar-refractivity contribution in [3.8, 4) is 0 Å². The molecule has 149 valence electrons. The van der Waals surface area contributed by atoms with Gasteiger partial charge in [0.25, 0.3) is 0 Å². The van der Waals surface area contributed by atoms with Gasteiger partial charge in [-0.05, 0) is 32.1 Å². The summed E-state index contributed by atoms with van der Waals surface area (Å²) >= 11 is 0.